The molecule has 2 aromatic carbocycles. The van der Waals surface area contributed by atoms with E-state index in [2.05, 4.69) is 13.8 Å². The van der Waals surface area contributed by atoms with Crippen LogP contribution in [0, 0.1) is 10.8 Å². The molecule has 6 nitrogen and oxygen atoms in total. The number of amides is 1. The van der Waals surface area contributed by atoms with Crippen molar-refractivity contribution in [3.63, 3.8) is 0 Å². The molecule has 2 aromatic rings. The summed E-state index contributed by atoms with van der Waals surface area (Å²) in [5.41, 5.74) is 1.85. The first-order valence-electron chi connectivity index (χ1n) is 12.1. The van der Waals surface area contributed by atoms with Crippen LogP contribution in [0.4, 0.5) is 0 Å². The van der Waals surface area contributed by atoms with Gasteiger partial charge in [0.15, 0.2) is 11.5 Å². The number of methoxy groups -OCH3 is 1. The van der Waals surface area contributed by atoms with Crippen molar-refractivity contribution in [2.75, 3.05) is 33.4 Å². The molecular formula is C28H37NO5. The Morgan fingerprint density at radius 2 is 1.88 bits per heavy atom. The Morgan fingerprint density at radius 3 is 2.53 bits per heavy atom. The van der Waals surface area contributed by atoms with E-state index in [9.17, 15) is 9.90 Å². The molecule has 4 rings (SSSR count). The van der Waals surface area contributed by atoms with Crippen LogP contribution in [0.25, 0.3) is 0 Å². The topological polar surface area (TPSA) is 68.2 Å². The second-order valence-corrected chi connectivity index (χ2v) is 10.5. The third-order valence-corrected chi connectivity index (χ3v) is 7.64. The first-order chi connectivity index (χ1) is 16.2. The summed E-state index contributed by atoms with van der Waals surface area (Å²) in [4.78, 5) is 14.8. The molecule has 1 amide bonds. The minimum atomic E-state index is -0.586. The monoisotopic (exact) mass is 467 g/mol. The lowest BCUT2D eigenvalue weighted by Crippen LogP contribution is -2.38. The van der Waals surface area contributed by atoms with Gasteiger partial charge in [-0.3, -0.25) is 4.79 Å². The largest absolute Gasteiger partial charge is 0.493 e. The molecular weight excluding hydrogens is 430 g/mol. The minimum Gasteiger partial charge on any atom is -0.493 e. The Hall–Kier alpha value is -2.57. The molecule has 0 radical (unpaired) electrons. The van der Waals surface area contributed by atoms with E-state index < -0.39 is 11.5 Å². The number of rotatable bonds is 10. The summed E-state index contributed by atoms with van der Waals surface area (Å²) in [6.07, 6.45) is 1.78. The predicted molar refractivity (Wildman–Crippen MR) is 131 cm³/mol. The maximum absolute atomic E-state index is 13.0. The fourth-order valence-electron chi connectivity index (χ4n) is 4.67. The fourth-order valence-corrected chi connectivity index (χ4v) is 4.67. The lowest BCUT2D eigenvalue weighted by atomic mass is 9.72. The van der Waals surface area contributed by atoms with E-state index in [1.807, 2.05) is 60.4 Å². The summed E-state index contributed by atoms with van der Waals surface area (Å²) >= 11 is 0. The summed E-state index contributed by atoms with van der Waals surface area (Å²) in [7, 11) is 1.64. The van der Waals surface area contributed by atoms with Crippen molar-refractivity contribution in [1.29, 1.82) is 0 Å². The quantitative estimate of drug-likeness (QED) is 0.561. The Morgan fingerprint density at radius 1 is 1.15 bits per heavy atom. The lowest BCUT2D eigenvalue weighted by molar-refractivity contribution is -0.136. The molecule has 184 valence electrons. The van der Waals surface area contributed by atoms with Crippen LogP contribution in [-0.2, 0) is 16.1 Å². The van der Waals surface area contributed by atoms with Gasteiger partial charge in [-0.05, 0) is 43.0 Å². The Bertz CT molecular complexity index is 988. The van der Waals surface area contributed by atoms with Gasteiger partial charge in [0, 0.05) is 29.8 Å². The zero-order chi connectivity index (χ0) is 24.3. The van der Waals surface area contributed by atoms with Crippen molar-refractivity contribution in [3.05, 3.63) is 59.7 Å². The normalized spacial score (nSPS) is 24.0. The standard InChI is InChI=1S/C28H37NO5/c1-20(30)28(3)18-29(26(31)17-33-16-21-8-6-5-7-9-21)15-23(28)22-10-11-24(32-4)25(14-22)34-19-27(2)12-13-27/h5-11,14,20,23,30H,12-13,15-19H2,1-4H3/t20-,23+,28+/m1/s1. The number of nitrogens with zero attached hydrogens (tertiary/aromatic N) is 1. The molecule has 1 saturated heterocycles. The summed E-state index contributed by atoms with van der Waals surface area (Å²) in [6.45, 7) is 8.17. The number of carbonyl (C=O) groups is 1. The zero-order valence-corrected chi connectivity index (χ0v) is 20.8. The summed E-state index contributed by atoms with van der Waals surface area (Å²) in [5.74, 6) is 1.33. The molecule has 1 aliphatic heterocycles. The predicted octanol–water partition coefficient (Wildman–Crippen LogP) is 4.40. The van der Waals surface area contributed by atoms with Gasteiger partial charge in [0.1, 0.15) is 6.61 Å². The average Bonchev–Trinajstić information content (AvgIpc) is 3.46. The molecule has 0 aromatic heterocycles. The van der Waals surface area contributed by atoms with Crippen molar-refractivity contribution in [1.82, 2.24) is 4.90 Å². The van der Waals surface area contributed by atoms with Crippen LogP contribution in [0.3, 0.4) is 0 Å². The number of likely N-dealkylation sites (tertiary alicyclic amines) is 1. The summed E-state index contributed by atoms with van der Waals surface area (Å²) in [5, 5.41) is 10.7. The number of hydrogen-bond donors (Lipinski definition) is 1. The van der Waals surface area contributed by atoms with Crippen molar-refractivity contribution in [2.24, 2.45) is 10.8 Å². The first-order valence-corrected chi connectivity index (χ1v) is 12.1. The highest BCUT2D eigenvalue weighted by molar-refractivity contribution is 5.78. The van der Waals surface area contributed by atoms with Crippen LogP contribution in [0.2, 0.25) is 0 Å². The van der Waals surface area contributed by atoms with Gasteiger partial charge in [0.25, 0.3) is 0 Å². The van der Waals surface area contributed by atoms with E-state index in [4.69, 9.17) is 14.2 Å². The second-order valence-electron chi connectivity index (χ2n) is 10.5. The van der Waals surface area contributed by atoms with Crippen LogP contribution in [0.15, 0.2) is 48.5 Å². The molecule has 0 bridgehead atoms. The lowest BCUT2D eigenvalue weighted by Gasteiger charge is -2.34. The van der Waals surface area contributed by atoms with Gasteiger partial charge in [-0.1, -0.05) is 50.2 Å². The van der Waals surface area contributed by atoms with Crippen LogP contribution in [-0.4, -0.2) is 55.4 Å². The third kappa shape index (κ3) is 5.39. The van der Waals surface area contributed by atoms with E-state index in [0.717, 1.165) is 16.9 Å². The number of hydrogen-bond acceptors (Lipinski definition) is 5. The molecule has 1 saturated carbocycles. The molecule has 2 aliphatic rings. The van der Waals surface area contributed by atoms with Crippen molar-refractivity contribution < 1.29 is 24.1 Å². The SMILES string of the molecule is COc1ccc([C@@H]2CN(C(=O)COCc3ccccc3)C[C@@]2(C)[C@@H](C)O)cc1OCC1(C)CC1. The highest BCUT2D eigenvalue weighted by Crippen LogP contribution is 2.48. The molecule has 6 heteroatoms. The van der Waals surface area contributed by atoms with Crippen LogP contribution < -0.4 is 9.47 Å². The molecule has 0 spiro atoms. The Balaban J connectivity index is 1.47. The van der Waals surface area contributed by atoms with Gasteiger partial charge in [-0.15, -0.1) is 0 Å². The number of carbonyl (C=O) groups excluding carboxylic acids is 1. The van der Waals surface area contributed by atoms with Gasteiger partial charge in [0.05, 0.1) is 26.4 Å². The van der Waals surface area contributed by atoms with Crippen LogP contribution >= 0.6 is 0 Å². The number of aliphatic hydroxyl groups excluding tert-OH is 1. The van der Waals surface area contributed by atoms with Crippen molar-refractivity contribution >= 4 is 5.91 Å². The molecule has 1 N–H and O–H groups in total. The van der Waals surface area contributed by atoms with Gasteiger partial charge in [-0.2, -0.15) is 0 Å². The molecule has 3 atom stereocenters. The molecule has 1 heterocycles. The highest BCUT2D eigenvalue weighted by Gasteiger charge is 2.48. The maximum atomic E-state index is 13.0. The van der Waals surface area contributed by atoms with E-state index >= 15 is 0 Å². The molecule has 2 fully saturated rings. The second kappa shape index (κ2) is 9.96. The average molecular weight is 468 g/mol. The minimum absolute atomic E-state index is 0.0209. The molecule has 0 unspecified atom stereocenters. The first kappa shape index (κ1) is 24.6. The summed E-state index contributed by atoms with van der Waals surface area (Å²) < 4.78 is 17.4. The smallest absolute Gasteiger partial charge is 0.248 e. The van der Waals surface area contributed by atoms with E-state index in [-0.39, 0.29) is 23.8 Å². The number of ether oxygens (including phenoxy) is 3. The zero-order valence-electron chi connectivity index (χ0n) is 20.8. The Labute approximate surface area is 202 Å². The molecule has 34 heavy (non-hydrogen) atoms. The van der Waals surface area contributed by atoms with Crippen LogP contribution in [0.1, 0.15) is 50.7 Å². The highest BCUT2D eigenvalue weighted by atomic mass is 16.5. The van der Waals surface area contributed by atoms with Crippen molar-refractivity contribution in [2.45, 2.75) is 52.2 Å². The Kier molecular flexibility index (Phi) is 7.20. The van der Waals surface area contributed by atoms with Crippen molar-refractivity contribution in [3.8, 4) is 11.5 Å². The molecule has 1 aliphatic carbocycles. The van der Waals surface area contributed by atoms with Gasteiger partial charge in [0.2, 0.25) is 5.91 Å². The third-order valence-electron chi connectivity index (χ3n) is 7.64. The summed E-state index contributed by atoms with van der Waals surface area (Å²) in [6, 6.07) is 15.8. The maximum Gasteiger partial charge on any atom is 0.248 e. The number of aliphatic hydroxyl groups is 1. The van der Waals surface area contributed by atoms with Gasteiger partial charge < -0.3 is 24.2 Å². The van der Waals surface area contributed by atoms with E-state index in [1.165, 1.54) is 12.8 Å². The van der Waals surface area contributed by atoms with Gasteiger partial charge >= 0.3 is 0 Å². The van der Waals surface area contributed by atoms with E-state index in [0.29, 0.717) is 32.1 Å². The van der Waals surface area contributed by atoms with Crippen LogP contribution in [0.5, 0.6) is 11.5 Å². The number of benzene rings is 2. The van der Waals surface area contributed by atoms with Gasteiger partial charge in [-0.25, -0.2) is 0 Å². The van der Waals surface area contributed by atoms with E-state index in [1.54, 1.807) is 7.11 Å². The fraction of sp³-hybridized carbons (Fsp3) is 0.536.